The monoisotopic (exact) mass is 258 g/mol. The molecule has 0 amide bonds. The van der Waals surface area contributed by atoms with Crippen LogP contribution in [0.2, 0.25) is 0 Å². The largest absolute Gasteiger partial charge is 0.409 e. The summed E-state index contributed by atoms with van der Waals surface area (Å²) in [4.78, 5) is 4.57. The van der Waals surface area contributed by atoms with Gasteiger partial charge in [-0.2, -0.15) is 0 Å². The molecule has 18 heavy (non-hydrogen) atoms. The minimum absolute atomic E-state index is 0.219. The standard InChI is InChI=1S/C12H26N4O2/c1-3-5-16(10-12(13)14-17)9-11-8-15(4-2)6-7-18-11/h11,17H,3-10H2,1-2H3,(H2,13,14). The third kappa shape index (κ3) is 5.20. The van der Waals surface area contributed by atoms with E-state index in [9.17, 15) is 0 Å². The third-order valence-electron chi connectivity index (χ3n) is 3.19. The molecule has 1 atom stereocenters. The quantitative estimate of drug-likeness (QED) is 0.295. The summed E-state index contributed by atoms with van der Waals surface area (Å²) in [6.07, 6.45) is 1.26. The summed E-state index contributed by atoms with van der Waals surface area (Å²) in [5.74, 6) is 0.256. The van der Waals surface area contributed by atoms with Gasteiger partial charge in [0.25, 0.3) is 0 Å². The van der Waals surface area contributed by atoms with Gasteiger partial charge in [0.1, 0.15) is 0 Å². The van der Waals surface area contributed by atoms with E-state index in [0.717, 1.165) is 45.8 Å². The fourth-order valence-corrected chi connectivity index (χ4v) is 2.28. The molecule has 6 heteroatoms. The summed E-state index contributed by atoms with van der Waals surface area (Å²) in [5, 5.41) is 11.7. The average molecular weight is 258 g/mol. The van der Waals surface area contributed by atoms with Crippen molar-refractivity contribution in [3.63, 3.8) is 0 Å². The van der Waals surface area contributed by atoms with E-state index in [1.165, 1.54) is 0 Å². The van der Waals surface area contributed by atoms with Crippen molar-refractivity contribution in [1.82, 2.24) is 9.80 Å². The zero-order chi connectivity index (χ0) is 13.4. The number of hydrogen-bond acceptors (Lipinski definition) is 5. The van der Waals surface area contributed by atoms with E-state index in [1.54, 1.807) is 0 Å². The van der Waals surface area contributed by atoms with Gasteiger partial charge in [-0.3, -0.25) is 9.80 Å². The number of rotatable bonds is 7. The SMILES string of the molecule is CCCN(CC(N)=NO)CC1CN(CC)CCO1. The minimum Gasteiger partial charge on any atom is -0.409 e. The van der Waals surface area contributed by atoms with E-state index in [2.05, 4.69) is 28.8 Å². The topological polar surface area (TPSA) is 74.3 Å². The Morgan fingerprint density at radius 2 is 2.33 bits per heavy atom. The molecule has 1 fully saturated rings. The maximum atomic E-state index is 8.63. The van der Waals surface area contributed by atoms with Gasteiger partial charge >= 0.3 is 0 Å². The summed E-state index contributed by atoms with van der Waals surface area (Å²) >= 11 is 0. The van der Waals surface area contributed by atoms with Gasteiger partial charge in [0.05, 0.1) is 19.3 Å². The van der Waals surface area contributed by atoms with Gasteiger partial charge in [0.15, 0.2) is 5.84 Å². The summed E-state index contributed by atoms with van der Waals surface area (Å²) in [7, 11) is 0. The molecule has 1 aliphatic heterocycles. The molecule has 1 unspecified atom stereocenters. The molecular weight excluding hydrogens is 232 g/mol. The molecule has 0 aromatic rings. The lowest BCUT2D eigenvalue weighted by molar-refractivity contribution is -0.0401. The molecule has 0 spiro atoms. The first kappa shape index (κ1) is 15.2. The molecular formula is C12H26N4O2. The van der Waals surface area contributed by atoms with E-state index in [1.807, 2.05) is 0 Å². The van der Waals surface area contributed by atoms with Crippen LogP contribution in [0.25, 0.3) is 0 Å². The second kappa shape index (κ2) is 8.29. The maximum Gasteiger partial charge on any atom is 0.153 e. The molecule has 1 heterocycles. The predicted octanol–water partition coefficient (Wildman–Crippen LogP) is 0.166. The van der Waals surface area contributed by atoms with Crippen molar-refractivity contribution < 1.29 is 9.94 Å². The van der Waals surface area contributed by atoms with Crippen LogP contribution in [0.1, 0.15) is 20.3 Å². The van der Waals surface area contributed by atoms with Crippen molar-refractivity contribution in [2.24, 2.45) is 10.9 Å². The van der Waals surface area contributed by atoms with Crippen LogP contribution in [-0.4, -0.2) is 72.8 Å². The van der Waals surface area contributed by atoms with Crippen LogP contribution in [0.4, 0.5) is 0 Å². The number of hydrogen-bond donors (Lipinski definition) is 2. The normalized spacial score (nSPS) is 22.6. The lowest BCUT2D eigenvalue weighted by atomic mass is 10.2. The van der Waals surface area contributed by atoms with Gasteiger partial charge in [-0.05, 0) is 19.5 Å². The molecule has 0 aromatic heterocycles. The number of nitrogens with two attached hydrogens (primary N) is 1. The minimum atomic E-state index is 0.219. The van der Waals surface area contributed by atoms with E-state index < -0.39 is 0 Å². The number of nitrogens with zero attached hydrogens (tertiary/aromatic N) is 3. The van der Waals surface area contributed by atoms with Crippen LogP contribution in [0, 0.1) is 0 Å². The van der Waals surface area contributed by atoms with Crippen molar-refractivity contribution >= 4 is 5.84 Å². The van der Waals surface area contributed by atoms with Crippen LogP contribution in [-0.2, 0) is 4.74 Å². The van der Waals surface area contributed by atoms with Crippen LogP contribution < -0.4 is 5.73 Å². The molecule has 0 aliphatic carbocycles. The zero-order valence-corrected chi connectivity index (χ0v) is 11.5. The predicted molar refractivity (Wildman–Crippen MR) is 72.0 cm³/mol. The third-order valence-corrected chi connectivity index (χ3v) is 3.19. The molecule has 0 saturated carbocycles. The number of ether oxygens (including phenoxy) is 1. The van der Waals surface area contributed by atoms with Crippen molar-refractivity contribution in [1.29, 1.82) is 0 Å². The van der Waals surface area contributed by atoms with Crippen LogP contribution in [0.5, 0.6) is 0 Å². The Labute approximate surface area is 109 Å². The highest BCUT2D eigenvalue weighted by atomic mass is 16.5. The van der Waals surface area contributed by atoms with Crippen molar-refractivity contribution in [2.45, 2.75) is 26.4 Å². The second-order valence-electron chi connectivity index (χ2n) is 4.71. The van der Waals surface area contributed by atoms with Gasteiger partial charge in [-0.15, -0.1) is 0 Å². The van der Waals surface area contributed by atoms with Crippen molar-refractivity contribution in [2.75, 3.05) is 45.9 Å². The Kier molecular flexibility index (Phi) is 7.00. The van der Waals surface area contributed by atoms with E-state index in [-0.39, 0.29) is 11.9 Å². The lowest BCUT2D eigenvalue weighted by Gasteiger charge is -2.35. The van der Waals surface area contributed by atoms with Crippen molar-refractivity contribution in [3.05, 3.63) is 0 Å². The van der Waals surface area contributed by atoms with E-state index in [0.29, 0.717) is 6.54 Å². The Morgan fingerprint density at radius 3 is 2.94 bits per heavy atom. The van der Waals surface area contributed by atoms with E-state index in [4.69, 9.17) is 15.7 Å². The average Bonchev–Trinajstić information content (AvgIpc) is 2.39. The Morgan fingerprint density at radius 1 is 1.56 bits per heavy atom. The summed E-state index contributed by atoms with van der Waals surface area (Å²) in [5.41, 5.74) is 5.57. The first-order valence-electron chi connectivity index (χ1n) is 6.72. The molecule has 3 N–H and O–H groups in total. The molecule has 0 aromatic carbocycles. The molecule has 1 saturated heterocycles. The molecule has 106 valence electrons. The Bertz CT molecular complexity index is 260. The lowest BCUT2D eigenvalue weighted by Crippen LogP contribution is -2.48. The van der Waals surface area contributed by atoms with E-state index >= 15 is 0 Å². The van der Waals surface area contributed by atoms with Gasteiger partial charge in [-0.1, -0.05) is 19.0 Å². The van der Waals surface area contributed by atoms with Gasteiger partial charge in [0, 0.05) is 19.6 Å². The second-order valence-corrected chi connectivity index (χ2v) is 4.71. The zero-order valence-electron chi connectivity index (χ0n) is 11.5. The van der Waals surface area contributed by atoms with Gasteiger partial charge < -0.3 is 15.7 Å². The fraction of sp³-hybridized carbons (Fsp3) is 0.917. The first-order chi connectivity index (χ1) is 8.69. The molecule has 1 rings (SSSR count). The molecule has 6 nitrogen and oxygen atoms in total. The summed E-state index contributed by atoms with van der Waals surface area (Å²) in [6.45, 7) is 10.4. The highest BCUT2D eigenvalue weighted by Crippen LogP contribution is 2.07. The first-order valence-corrected chi connectivity index (χ1v) is 6.72. The summed E-state index contributed by atoms with van der Waals surface area (Å²) in [6, 6.07) is 0. The summed E-state index contributed by atoms with van der Waals surface area (Å²) < 4.78 is 5.78. The Balaban J connectivity index is 2.44. The number of likely N-dealkylation sites (N-methyl/N-ethyl adjacent to an activating group) is 1. The van der Waals surface area contributed by atoms with Crippen molar-refractivity contribution in [3.8, 4) is 0 Å². The molecule has 0 bridgehead atoms. The van der Waals surface area contributed by atoms with Crippen LogP contribution in [0.3, 0.4) is 0 Å². The number of oxime groups is 1. The fourth-order valence-electron chi connectivity index (χ4n) is 2.28. The molecule has 0 radical (unpaired) electrons. The molecule has 1 aliphatic rings. The maximum absolute atomic E-state index is 8.63. The van der Waals surface area contributed by atoms with Gasteiger partial charge in [-0.25, -0.2) is 0 Å². The number of morpholine rings is 1. The Hall–Kier alpha value is -0.850. The number of amidine groups is 1. The highest BCUT2D eigenvalue weighted by Gasteiger charge is 2.21. The van der Waals surface area contributed by atoms with Crippen LogP contribution in [0.15, 0.2) is 5.16 Å². The smallest absolute Gasteiger partial charge is 0.153 e. The van der Waals surface area contributed by atoms with Crippen LogP contribution >= 0.6 is 0 Å². The highest BCUT2D eigenvalue weighted by molar-refractivity contribution is 5.81. The van der Waals surface area contributed by atoms with Gasteiger partial charge in [0.2, 0.25) is 0 Å².